The predicted octanol–water partition coefficient (Wildman–Crippen LogP) is 1.79. The van der Waals surface area contributed by atoms with E-state index in [9.17, 15) is 0 Å². The molecule has 2 heterocycles. The summed E-state index contributed by atoms with van der Waals surface area (Å²) in [6.07, 6.45) is 7.13. The van der Waals surface area contributed by atoms with Crippen LogP contribution >= 0.6 is 0 Å². The van der Waals surface area contributed by atoms with E-state index in [-0.39, 0.29) is 0 Å². The lowest BCUT2D eigenvalue weighted by molar-refractivity contribution is 1.04. The zero-order chi connectivity index (χ0) is 10.5. The number of nitrogens with one attached hydrogen (secondary N) is 1. The number of aryl methyl sites for hydroxylation is 1. The van der Waals surface area contributed by atoms with Gasteiger partial charge in [-0.25, -0.2) is 9.97 Å². The minimum atomic E-state index is 0.650. The molecule has 0 fully saturated rings. The van der Waals surface area contributed by atoms with Crippen molar-refractivity contribution in [1.82, 2.24) is 15.0 Å². The van der Waals surface area contributed by atoms with Crippen molar-refractivity contribution in [2.75, 3.05) is 5.32 Å². The molecule has 2 aromatic heterocycles. The maximum Gasteiger partial charge on any atom is 0.222 e. The number of hydrogen-bond acceptors (Lipinski definition) is 4. The first-order valence-corrected chi connectivity index (χ1v) is 4.76. The van der Waals surface area contributed by atoms with E-state index >= 15 is 0 Å². The topological polar surface area (TPSA) is 50.7 Å². The standard InChI is InChI=1S/C11H12N4/c1-9-6-13-11(14-7-9)15-8-10-2-4-12-5-3-10/h2-7H,8H2,1H3,(H,13,14,15). The van der Waals surface area contributed by atoms with Crippen molar-refractivity contribution in [2.45, 2.75) is 13.5 Å². The lowest BCUT2D eigenvalue weighted by Crippen LogP contribution is -2.03. The molecule has 0 aromatic carbocycles. The van der Waals surface area contributed by atoms with Gasteiger partial charge in [-0.15, -0.1) is 0 Å². The van der Waals surface area contributed by atoms with Gasteiger partial charge in [0, 0.05) is 31.3 Å². The average molecular weight is 200 g/mol. The average Bonchev–Trinajstić information content (AvgIpc) is 2.30. The van der Waals surface area contributed by atoms with Crippen molar-refractivity contribution in [3.8, 4) is 0 Å². The lowest BCUT2D eigenvalue weighted by atomic mass is 10.3. The molecule has 0 amide bonds. The van der Waals surface area contributed by atoms with Crippen molar-refractivity contribution >= 4 is 5.95 Å². The number of pyridine rings is 1. The Morgan fingerprint density at radius 2 is 1.80 bits per heavy atom. The van der Waals surface area contributed by atoms with Crippen LogP contribution in [0.4, 0.5) is 5.95 Å². The zero-order valence-electron chi connectivity index (χ0n) is 8.51. The van der Waals surface area contributed by atoms with E-state index in [0.717, 1.165) is 11.1 Å². The van der Waals surface area contributed by atoms with Gasteiger partial charge >= 0.3 is 0 Å². The first kappa shape index (κ1) is 9.58. The Bertz CT molecular complexity index is 410. The van der Waals surface area contributed by atoms with Crippen molar-refractivity contribution in [1.29, 1.82) is 0 Å². The summed E-state index contributed by atoms with van der Waals surface area (Å²) in [6.45, 7) is 2.68. The molecule has 2 rings (SSSR count). The summed E-state index contributed by atoms with van der Waals surface area (Å²) in [5, 5.41) is 3.14. The van der Waals surface area contributed by atoms with Crippen LogP contribution in [-0.4, -0.2) is 15.0 Å². The van der Waals surface area contributed by atoms with E-state index in [2.05, 4.69) is 20.3 Å². The molecule has 0 saturated heterocycles. The van der Waals surface area contributed by atoms with Gasteiger partial charge in [-0.3, -0.25) is 4.98 Å². The summed E-state index contributed by atoms with van der Waals surface area (Å²) in [5.74, 6) is 0.650. The molecule has 0 saturated carbocycles. The van der Waals surface area contributed by atoms with Crippen LogP contribution in [0.1, 0.15) is 11.1 Å². The number of hydrogen-bond donors (Lipinski definition) is 1. The smallest absolute Gasteiger partial charge is 0.222 e. The molecule has 4 heteroatoms. The van der Waals surface area contributed by atoms with Crippen LogP contribution in [-0.2, 0) is 6.54 Å². The molecule has 0 bridgehead atoms. The van der Waals surface area contributed by atoms with Gasteiger partial charge in [0.25, 0.3) is 0 Å². The summed E-state index contributed by atoms with van der Waals surface area (Å²) in [4.78, 5) is 12.3. The lowest BCUT2D eigenvalue weighted by Gasteiger charge is -2.03. The third kappa shape index (κ3) is 2.74. The monoisotopic (exact) mass is 200 g/mol. The number of aromatic nitrogens is 3. The third-order valence-electron chi connectivity index (χ3n) is 1.98. The molecule has 1 N–H and O–H groups in total. The van der Waals surface area contributed by atoms with Gasteiger partial charge < -0.3 is 5.32 Å². The van der Waals surface area contributed by atoms with E-state index in [1.165, 1.54) is 0 Å². The fraction of sp³-hybridized carbons (Fsp3) is 0.182. The van der Waals surface area contributed by atoms with Gasteiger partial charge in [0.05, 0.1) is 0 Å². The summed E-state index contributed by atoms with van der Waals surface area (Å²) >= 11 is 0. The Morgan fingerprint density at radius 1 is 1.13 bits per heavy atom. The molecule has 0 radical (unpaired) electrons. The Labute approximate surface area is 88.4 Å². The van der Waals surface area contributed by atoms with Crippen LogP contribution in [0.3, 0.4) is 0 Å². The molecule has 0 atom stereocenters. The fourth-order valence-corrected chi connectivity index (χ4v) is 1.17. The Hall–Kier alpha value is -1.97. The van der Waals surface area contributed by atoms with Crippen molar-refractivity contribution in [3.63, 3.8) is 0 Å². The van der Waals surface area contributed by atoms with Crippen LogP contribution in [0.5, 0.6) is 0 Å². The van der Waals surface area contributed by atoms with Gasteiger partial charge in [-0.1, -0.05) is 0 Å². The third-order valence-corrected chi connectivity index (χ3v) is 1.98. The highest BCUT2D eigenvalue weighted by Gasteiger charge is 1.95. The molecular weight excluding hydrogens is 188 g/mol. The van der Waals surface area contributed by atoms with Gasteiger partial charge in [-0.2, -0.15) is 0 Å². The molecule has 0 aliphatic carbocycles. The Kier molecular flexibility index (Phi) is 2.88. The molecular formula is C11H12N4. The predicted molar refractivity (Wildman–Crippen MR) is 58.3 cm³/mol. The minimum Gasteiger partial charge on any atom is -0.350 e. The molecule has 0 spiro atoms. The molecule has 0 aliphatic heterocycles. The molecule has 2 aromatic rings. The number of anilines is 1. The van der Waals surface area contributed by atoms with Crippen LogP contribution in [0.2, 0.25) is 0 Å². The largest absolute Gasteiger partial charge is 0.350 e. The molecule has 0 aliphatic rings. The summed E-state index contributed by atoms with van der Waals surface area (Å²) < 4.78 is 0. The van der Waals surface area contributed by atoms with E-state index < -0.39 is 0 Å². The van der Waals surface area contributed by atoms with Crippen LogP contribution in [0.15, 0.2) is 36.9 Å². The van der Waals surface area contributed by atoms with Crippen molar-refractivity contribution < 1.29 is 0 Å². The highest BCUT2D eigenvalue weighted by atomic mass is 15.1. The van der Waals surface area contributed by atoms with E-state index in [1.54, 1.807) is 24.8 Å². The Morgan fingerprint density at radius 3 is 2.47 bits per heavy atom. The first-order valence-electron chi connectivity index (χ1n) is 4.76. The summed E-state index contributed by atoms with van der Waals surface area (Å²) in [7, 11) is 0. The number of nitrogens with zero attached hydrogens (tertiary/aromatic N) is 3. The van der Waals surface area contributed by atoms with Crippen LogP contribution < -0.4 is 5.32 Å². The maximum absolute atomic E-state index is 4.16. The molecule has 76 valence electrons. The minimum absolute atomic E-state index is 0.650. The summed E-state index contributed by atoms with van der Waals surface area (Å²) in [6, 6.07) is 3.92. The Balaban J connectivity index is 1.96. The van der Waals surface area contributed by atoms with Gasteiger partial charge in [0.2, 0.25) is 5.95 Å². The van der Waals surface area contributed by atoms with Gasteiger partial charge in [0.1, 0.15) is 0 Å². The quantitative estimate of drug-likeness (QED) is 0.820. The van der Waals surface area contributed by atoms with Crippen LogP contribution in [0.25, 0.3) is 0 Å². The van der Waals surface area contributed by atoms with Gasteiger partial charge in [-0.05, 0) is 30.2 Å². The van der Waals surface area contributed by atoms with Crippen molar-refractivity contribution in [2.24, 2.45) is 0 Å². The maximum atomic E-state index is 4.16. The summed E-state index contributed by atoms with van der Waals surface area (Å²) in [5.41, 5.74) is 2.22. The normalized spacial score (nSPS) is 9.93. The van der Waals surface area contributed by atoms with E-state index in [0.29, 0.717) is 12.5 Å². The highest BCUT2D eigenvalue weighted by molar-refractivity contribution is 5.26. The molecule has 0 unspecified atom stereocenters. The van der Waals surface area contributed by atoms with Crippen molar-refractivity contribution in [3.05, 3.63) is 48.0 Å². The zero-order valence-corrected chi connectivity index (χ0v) is 8.51. The first-order chi connectivity index (χ1) is 7.34. The van der Waals surface area contributed by atoms with Crippen LogP contribution in [0, 0.1) is 6.92 Å². The fourth-order valence-electron chi connectivity index (χ4n) is 1.17. The second-order valence-electron chi connectivity index (χ2n) is 3.29. The second kappa shape index (κ2) is 4.50. The van der Waals surface area contributed by atoms with Gasteiger partial charge in [0.15, 0.2) is 0 Å². The molecule has 15 heavy (non-hydrogen) atoms. The van der Waals surface area contributed by atoms with E-state index in [4.69, 9.17) is 0 Å². The number of rotatable bonds is 3. The molecule has 4 nitrogen and oxygen atoms in total. The second-order valence-corrected chi connectivity index (χ2v) is 3.29. The van der Waals surface area contributed by atoms with E-state index in [1.807, 2.05) is 19.1 Å². The highest BCUT2D eigenvalue weighted by Crippen LogP contribution is 2.02. The SMILES string of the molecule is Cc1cnc(NCc2ccncc2)nc1.